The van der Waals surface area contributed by atoms with Crippen LogP contribution in [-0.2, 0) is 25.0 Å². The molecule has 1 heterocycles. The number of ether oxygens (including phenoxy) is 2. The second-order valence-corrected chi connectivity index (χ2v) is 8.07. The SMILES string of the molecule is CCOC(CC[N+]1=C(C)C(C)(C)c2cc(S(=O)(=O)O)ccc21)OCC. The lowest BCUT2D eigenvalue weighted by Crippen LogP contribution is -2.28. The predicted molar refractivity (Wildman–Crippen MR) is 96.4 cm³/mol. The van der Waals surface area contributed by atoms with Crippen LogP contribution in [0.5, 0.6) is 0 Å². The van der Waals surface area contributed by atoms with E-state index in [1.54, 1.807) is 12.1 Å². The van der Waals surface area contributed by atoms with E-state index in [0.29, 0.717) is 26.2 Å². The molecule has 25 heavy (non-hydrogen) atoms. The van der Waals surface area contributed by atoms with Crippen LogP contribution in [0.15, 0.2) is 23.1 Å². The lowest BCUT2D eigenvalue weighted by molar-refractivity contribution is -0.444. The Kier molecular flexibility index (Phi) is 6.04. The maximum Gasteiger partial charge on any atom is 0.294 e. The Balaban J connectivity index is 2.33. The molecule has 0 unspecified atom stereocenters. The van der Waals surface area contributed by atoms with Crippen molar-refractivity contribution in [3.8, 4) is 0 Å². The molecule has 2 rings (SSSR count). The van der Waals surface area contributed by atoms with Gasteiger partial charge >= 0.3 is 0 Å². The van der Waals surface area contributed by atoms with Crippen molar-refractivity contribution in [2.24, 2.45) is 0 Å². The average Bonchev–Trinajstić information content (AvgIpc) is 2.72. The normalized spacial score (nSPS) is 16.6. The maximum atomic E-state index is 11.5. The molecule has 0 saturated heterocycles. The lowest BCUT2D eigenvalue weighted by atomic mass is 9.82. The third-order valence-electron chi connectivity index (χ3n) is 4.83. The Morgan fingerprint density at radius 2 is 1.80 bits per heavy atom. The van der Waals surface area contributed by atoms with E-state index in [2.05, 4.69) is 18.4 Å². The van der Waals surface area contributed by atoms with Crippen molar-refractivity contribution >= 4 is 21.5 Å². The van der Waals surface area contributed by atoms with Gasteiger partial charge in [0.25, 0.3) is 10.1 Å². The van der Waals surface area contributed by atoms with Gasteiger partial charge in [-0.3, -0.25) is 4.55 Å². The van der Waals surface area contributed by atoms with Gasteiger partial charge in [-0.1, -0.05) is 0 Å². The number of hydrogen-bond acceptors (Lipinski definition) is 4. The number of fused-ring (bicyclic) bond motifs is 1. The van der Waals surface area contributed by atoms with E-state index < -0.39 is 10.1 Å². The van der Waals surface area contributed by atoms with Crippen LogP contribution in [-0.4, -0.2) is 49.3 Å². The van der Waals surface area contributed by atoms with E-state index >= 15 is 0 Å². The first kappa shape index (κ1) is 20.0. The molecule has 1 aliphatic heterocycles. The molecule has 1 aliphatic rings. The molecule has 0 spiro atoms. The molecule has 0 atom stereocenters. The van der Waals surface area contributed by atoms with Crippen LogP contribution in [0.3, 0.4) is 0 Å². The predicted octanol–water partition coefficient (Wildman–Crippen LogP) is 3.12. The average molecular weight is 370 g/mol. The molecule has 0 fully saturated rings. The molecule has 0 amide bonds. The summed E-state index contributed by atoms with van der Waals surface area (Å²) < 4.78 is 45.7. The largest absolute Gasteiger partial charge is 0.353 e. The van der Waals surface area contributed by atoms with E-state index in [4.69, 9.17) is 9.47 Å². The third kappa shape index (κ3) is 4.11. The number of benzene rings is 1. The highest BCUT2D eigenvalue weighted by Gasteiger charge is 2.43. The zero-order valence-corrected chi connectivity index (χ0v) is 16.4. The minimum absolute atomic E-state index is 0.0736. The highest BCUT2D eigenvalue weighted by atomic mass is 32.2. The summed E-state index contributed by atoms with van der Waals surface area (Å²) in [5.41, 5.74) is 2.66. The standard InChI is InChI=1S/C18H27NO5S/c1-6-23-17(24-7-2)10-11-19-13(3)18(4,5)15-12-14(25(20,21)22)8-9-16(15)19/h8-9,12,17H,6-7,10-11H2,1-5H3/p+1. The van der Waals surface area contributed by atoms with Gasteiger partial charge in [0.2, 0.25) is 5.69 Å². The molecule has 0 radical (unpaired) electrons. The third-order valence-corrected chi connectivity index (χ3v) is 5.68. The molecular weight excluding hydrogens is 342 g/mol. The van der Waals surface area contributed by atoms with Crippen molar-refractivity contribution in [1.82, 2.24) is 0 Å². The summed E-state index contributed by atoms with van der Waals surface area (Å²) in [6, 6.07) is 4.77. The van der Waals surface area contributed by atoms with Crippen LogP contribution in [0.25, 0.3) is 0 Å². The summed E-state index contributed by atoms with van der Waals surface area (Å²) in [7, 11) is -4.22. The highest BCUT2D eigenvalue weighted by molar-refractivity contribution is 7.85. The molecule has 1 aromatic carbocycles. The van der Waals surface area contributed by atoms with Gasteiger partial charge in [0.1, 0.15) is 0 Å². The monoisotopic (exact) mass is 370 g/mol. The van der Waals surface area contributed by atoms with Crippen LogP contribution < -0.4 is 0 Å². The van der Waals surface area contributed by atoms with Gasteiger partial charge in [0, 0.05) is 31.8 Å². The highest BCUT2D eigenvalue weighted by Crippen LogP contribution is 2.40. The molecule has 0 bridgehead atoms. The van der Waals surface area contributed by atoms with E-state index in [-0.39, 0.29) is 16.6 Å². The Labute approximate surface area is 150 Å². The van der Waals surface area contributed by atoms with Gasteiger partial charge in [0.15, 0.2) is 18.5 Å². The summed E-state index contributed by atoms with van der Waals surface area (Å²) in [6.45, 7) is 11.9. The zero-order valence-electron chi connectivity index (χ0n) is 15.6. The van der Waals surface area contributed by atoms with Gasteiger partial charge in [-0.05, 0) is 39.8 Å². The van der Waals surface area contributed by atoms with Crippen LogP contribution in [0.4, 0.5) is 5.69 Å². The van der Waals surface area contributed by atoms with Gasteiger partial charge in [-0.15, -0.1) is 0 Å². The fourth-order valence-corrected chi connectivity index (χ4v) is 3.74. The minimum atomic E-state index is -4.22. The Morgan fingerprint density at radius 1 is 1.20 bits per heavy atom. The van der Waals surface area contributed by atoms with Crippen LogP contribution >= 0.6 is 0 Å². The summed E-state index contributed by atoms with van der Waals surface area (Å²) in [5, 5.41) is 0. The summed E-state index contributed by atoms with van der Waals surface area (Å²) in [6.07, 6.45) is 0.446. The van der Waals surface area contributed by atoms with E-state index in [9.17, 15) is 13.0 Å². The zero-order chi connectivity index (χ0) is 18.8. The lowest BCUT2D eigenvalue weighted by Gasteiger charge is -2.16. The Hall–Kier alpha value is -1.28. The molecule has 0 aromatic heterocycles. The molecular formula is C18H28NO5S+. The second kappa shape index (κ2) is 7.53. The van der Waals surface area contributed by atoms with Crippen LogP contribution in [0.1, 0.15) is 46.6 Å². The van der Waals surface area contributed by atoms with Crippen molar-refractivity contribution in [3.63, 3.8) is 0 Å². The number of hydrogen-bond donors (Lipinski definition) is 1. The fourth-order valence-electron chi connectivity index (χ4n) is 3.23. The van der Waals surface area contributed by atoms with Gasteiger partial charge in [-0.25, -0.2) is 0 Å². The van der Waals surface area contributed by atoms with Crippen molar-refractivity contribution < 1.29 is 27.0 Å². The van der Waals surface area contributed by atoms with Crippen LogP contribution in [0, 0.1) is 0 Å². The topological polar surface area (TPSA) is 75.8 Å². The number of nitrogens with zero attached hydrogens (tertiary/aromatic N) is 1. The Morgan fingerprint density at radius 3 is 2.32 bits per heavy atom. The van der Waals surface area contributed by atoms with Gasteiger partial charge in [0.05, 0.1) is 16.7 Å². The minimum Gasteiger partial charge on any atom is -0.353 e. The molecule has 1 N–H and O–H groups in total. The fraction of sp³-hybridized carbons (Fsp3) is 0.611. The first-order chi connectivity index (χ1) is 11.6. The molecule has 1 aromatic rings. The van der Waals surface area contributed by atoms with Crippen molar-refractivity contribution in [1.29, 1.82) is 0 Å². The molecule has 6 nitrogen and oxygen atoms in total. The van der Waals surface area contributed by atoms with E-state index in [1.807, 2.05) is 20.8 Å². The summed E-state index contributed by atoms with van der Waals surface area (Å²) >= 11 is 0. The van der Waals surface area contributed by atoms with E-state index in [0.717, 1.165) is 17.0 Å². The molecule has 0 saturated carbocycles. The maximum absolute atomic E-state index is 11.5. The number of rotatable bonds is 8. The van der Waals surface area contributed by atoms with Gasteiger partial charge < -0.3 is 9.47 Å². The quantitative estimate of drug-likeness (QED) is 0.432. The first-order valence-electron chi connectivity index (χ1n) is 8.59. The molecule has 0 aliphatic carbocycles. The van der Waals surface area contributed by atoms with Crippen molar-refractivity contribution in [3.05, 3.63) is 23.8 Å². The first-order valence-corrected chi connectivity index (χ1v) is 10.0. The van der Waals surface area contributed by atoms with Gasteiger partial charge in [-0.2, -0.15) is 13.0 Å². The summed E-state index contributed by atoms with van der Waals surface area (Å²) in [4.78, 5) is -0.0736. The molecule has 7 heteroatoms. The Bertz CT molecular complexity index is 762. The second-order valence-electron chi connectivity index (χ2n) is 6.64. The van der Waals surface area contributed by atoms with E-state index in [1.165, 1.54) is 6.07 Å². The van der Waals surface area contributed by atoms with Crippen molar-refractivity contribution in [2.75, 3.05) is 19.8 Å². The van der Waals surface area contributed by atoms with Crippen LogP contribution in [0.2, 0.25) is 0 Å². The molecule has 140 valence electrons. The summed E-state index contributed by atoms with van der Waals surface area (Å²) in [5.74, 6) is 0. The van der Waals surface area contributed by atoms with Crippen molar-refractivity contribution in [2.45, 2.75) is 57.6 Å². The smallest absolute Gasteiger partial charge is 0.294 e.